The Labute approximate surface area is 138 Å². The number of carbonyl (C=O) groups is 1. The van der Waals surface area contributed by atoms with Crippen molar-refractivity contribution in [1.29, 1.82) is 0 Å². The molecule has 1 aliphatic heterocycles. The molecule has 1 saturated heterocycles. The highest BCUT2D eigenvalue weighted by Crippen LogP contribution is 2.20. The topological polar surface area (TPSA) is 26.8 Å². The second kappa shape index (κ2) is 8.39. The van der Waals surface area contributed by atoms with Crippen LogP contribution in [0.3, 0.4) is 0 Å². The van der Waals surface area contributed by atoms with Crippen LogP contribution in [0.15, 0.2) is 24.3 Å². The van der Waals surface area contributed by atoms with Gasteiger partial charge in [0.25, 0.3) is 0 Å². The smallest absolute Gasteiger partial charge is 0.236 e. The number of unbranched alkanes of at least 4 members (excludes halogenated alkanes) is 1. The van der Waals surface area contributed by atoms with Crippen LogP contribution in [0.4, 0.5) is 5.69 Å². The van der Waals surface area contributed by atoms with Crippen molar-refractivity contribution >= 4 is 23.2 Å². The average molecular weight is 324 g/mol. The molecule has 0 radical (unpaired) electrons. The number of halogens is 1. The van der Waals surface area contributed by atoms with Crippen molar-refractivity contribution in [2.45, 2.75) is 19.8 Å². The molecule has 0 saturated carbocycles. The van der Waals surface area contributed by atoms with E-state index in [1.54, 1.807) is 0 Å². The van der Waals surface area contributed by atoms with Crippen LogP contribution in [0.2, 0.25) is 5.02 Å². The lowest BCUT2D eigenvalue weighted by molar-refractivity contribution is -0.132. The van der Waals surface area contributed by atoms with Crippen molar-refractivity contribution in [2.75, 3.05) is 51.2 Å². The molecule has 0 N–H and O–H groups in total. The predicted molar refractivity (Wildman–Crippen MR) is 92.7 cm³/mol. The van der Waals surface area contributed by atoms with Crippen LogP contribution in [0, 0.1) is 0 Å². The molecule has 1 amide bonds. The van der Waals surface area contributed by atoms with Crippen LogP contribution < -0.4 is 4.90 Å². The molecule has 0 aromatic heterocycles. The number of nitrogens with zero attached hydrogens (tertiary/aromatic N) is 3. The lowest BCUT2D eigenvalue weighted by atomic mass is 10.2. The van der Waals surface area contributed by atoms with Gasteiger partial charge in [-0.2, -0.15) is 0 Å². The number of carbonyl (C=O) groups excluding carboxylic acids is 1. The number of hydrogen-bond donors (Lipinski definition) is 0. The standard InChI is InChI=1S/C17H26ClN3O/c1-3-4-8-19(2)14-17(22)21-11-9-20(10-12-21)16-7-5-6-15(18)13-16/h5-7,13H,3-4,8-12,14H2,1-2H3. The molecule has 0 spiro atoms. The number of rotatable bonds is 6. The highest BCUT2D eigenvalue weighted by atomic mass is 35.5. The first-order valence-corrected chi connectivity index (χ1v) is 8.44. The fourth-order valence-corrected chi connectivity index (χ4v) is 2.91. The summed E-state index contributed by atoms with van der Waals surface area (Å²) in [4.78, 5) is 18.7. The maximum atomic E-state index is 12.3. The van der Waals surface area contributed by atoms with Crippen LogP contribution in [-0.4, -0.2) is 62.0 Å². The summed E-state index contributed by atoms with van der Waals surface area (Å²) in [7, 11) is 2.02. The van der Waals surface area contributed by atoms with Crippen molar-refractivity contribution in [3.05, 3.63) is 29.3 Å². The zero-order valence-corrected chi connectivity index (χ0v) is 14.4. The summed E-state index contributed by atoms with van der Waals surface area (Å²) in [5, 5.41) is 0.758. The number of amides is 1. The van der Waals surface area contributed by atoms with Gasteiger partial charge in [-0.3, -0.25) is 9.69 Å². The Morgan fingerprint density at radius 1 is 1.27 bits per heavy atom. The van der Waals surface area contributed by atoms with Crippen molar-refractivity contribution in [1.82, 2.24) is 9.80 Å². The van der Waals surface area contributed by atoms with Gasteiger partial charge in [0.15, 0.2) is 0 Å². The van der Waals surface area contributed by atoms with Crippen molar-refractivity contribution in [2.24, 2.45) is 0 Å². The van der Waals surface area contributed by atoms with E-state index in [9.17, 15) is 4.79 Å². The summed E-state index contributed by atoms with van der Waals surface area (Å²) in [5.41, 5.74) is 1.14. The molecular formula is C17H26ClN3O. The van der Waals surface area contributed by atoms with Gasteiger partial charge < -0.3 is 9.80 Å². The van der Waals surface area contributed by atoms with E-state index >= 15 is 0 Å². The molecule has 0 atom stereocenters. The second-order valence-electron chi connectivity index (χ2n) is 5.94. The lowest BCUT2D eigenvalue weighted by Gasteiger charge is -2.36. The van der Waals surface area contributed by atoms with E-state index in [0.29, 0.717) is 6.54 Å². The summed E-state index contributed by atoms with van der Waals surface area (Å²) in [6.45, 7) is 6.99. The third-order valence-corrected chi connectivity index (χ3v) is 4.34. The van der Waals surface area contributed by atoms with Crippen LogP contribution in [0.1, 0.15) is 19.8 Å². The molecule has 1 heterocycles. The van der Waals surface area contributed by atoms with Gasteiger partial charge in [0.1, 0.15) is 0 Å². The Hall–Kier alpha value is -1.26. The third kappa shape index (κ3) is 4.89. The Balaban J connectivity index is 1.80. The number of hydrogen-bond acceptors (Lipinski definition) is 3. The minimum atomic E-state index is 0.240. The largest absolute Gasteiger partial charge is 0.368 e. The Bertz CT molecular complexity index is 487. The molecule has 0 bridgehead atoms. The first-order valence-electron chi connectivity index (χ1n) is 8.07. The normalized spacial score (nSPS) is 15.5. The quantitative estimate of drug-likeness (QED) is 0.805. The number of benzene rings is 1. The third-order valence-electron chi connectivity index (χ3n) is 4.10. The summed E-state index contributed by atoms with van der Waals surface area (Å²) in [5.74, 6) is 0.240. The molecule has 2 rings (SSSR count). The van der Waals surface area contributed by atoms with E-state index in [1.165, 1.54) is 0 Å². The second-order valence-corrected chi connectivity index (χ2v) is 6.38. The predicted octanol–water partition coefficient (Wildman–Crippen LogP) is 2.72. The summed E-state index contributed by atoms with van der Waals surface area (Å²) < 4.78 is 0. The molecule has 122 valence electrons. The van der Waals surface area contributed by atoms with Gasteiger partial charge >= 0.3 is 0 Å². The highest BCUT2D eigenvalue weighted by molar-refractivity contribution is 6.30. The monoisotopic (exact) mass is 323 g/mol. The number of anilines is 1. The molecular weight excluding hydrogens is 298 g/mol. The number of likely N-dealkylation sites (N-methyl/N-ethyl adjacent to an activating group) is 1. The molecule has 5 heteroatoms. The molecule has 1 aromatic carbocycles. The molecule has 0 unspecified atom stereocenters. The van der Waals surface area contributed by atoms with E-state index in [0.717, 1.165) is 56.3 Å². The summed E-state index contributed by atoms with van der Waals surface area (Å²) >= 11 is 6.05. The van der Waals surface area contributed by atoms with Crippen LogP contribution in [0.25, 0.3) is 0 Å². The zero-order valence-electron chi connectivity index (χ0n) is 13.6. The van der Waals surface area contributed by atoms with E-state index < -0.39 is 0 Å². The maximum Gasteiger partial charge on any atom is 0.236 e. The van der Waals surface area contributed by atoms with Crippen molar-refractivity contribution < 1.29 is 4.79 Å². The van der Waals surface area contributed by atoms with Gasteiger partial charge in [-0.1, -0.05) is 31.0 Å². The Kier molecular flexibility index (Phi) is 6.52. The lowest BCUT2D eigenvalue weighted by Crippen LogP contribution is -2.51. The Morgan fingerprint density at radius 3 is 2.64 bits per heavy atom. The minimum Gasteiger partial charge on any atom is -0.368 e. The Morgan fingerprint density at radius 2 is 2.00 bits per heavy atom. The summed E-state index contributed by atoms with van der Waals surface area (Å²) in [6, 6.07) is 7.91. The first kappa shape index (κ1) is 17.1. The molecule has 22 heavy (non-hydrogen) atoms. The molecule has 4 nitrogen and oxygen atoms in total. The van der Waals surface area contributed by atoms with E-state index in [4.69, 9.17) is 11.6 Å². The van der Waals surface area contributed by atoms with Crippen molar-refractivity contribution in [3.8, 4) is 0 Å². The minimum absolute atomic E-state index is 0.240. The van der Waals surface area contributed by atoms with Crippen molar-refractivity contribution in [3.63, 3.8) is 0 Å². The van der Waals surface area contributed by atoms with Gasteiger partial charge in [0, 0.05) is 36.9 Å². The van der Waals surface area contributed by atoms with Gasteiger partial charge in [-0.05, 0) is 38.2 Å². The fourth-order valence-electron chi connectivity index (χ4n) is 2.72. The van der Waals surface area contributed by atoms with Crippen LogP contribution in [0.5, 0.6) is 0 Å². The van der Waals surface area contributed by atoms with Crippen LogP contribution >= 0.6 is 11.6 Å². The van der Waals surface area contributed by atoms with E-state index in [1.807, 2.05) is 30.1 Å². The summed E-state index contributed by atoms with van der Waals surface area (Å²) in [6.07, 6.45) is 2.31. The highest BCUT2D eigenvalue weighted by Gasteiger charge is 2.22. The fraction of sp³-hybridized carbons (Fsp3) is 0.588. The van der Waals surface area contributed by atoms with Gasteiger partial charge in [-0.15, -0.1) is 0 Å². The van der Waals surface area contributed by atoms with Gasteiger partial charge in [0.05, 0.1) is 6.54 Å². The van der Waals surface area contributed by atoms with Gasteiger partial charge in [0.2, 0.25) is 5.91 Å². The molecule has 1 aromatic rings. The van der Waals surface area contributed by atoms with Gasteiger partial charge in [-0.25, -0.2) is 0 Å². The first-order chi connectivity index (χ1) is 10.6. The maximum absolute atomic E-state index is 12.3. The molecule has 1 aliphatic rings. The zero-order chi connectivity index (χ0) is 15.9. The van der Waals surface area contributed by atoms with E-state index in [2.05, 4.69) is 22.8 Å². The molecule has 0 aliphatic carbocycles. The van der Waals surface area contributed by atoms with Crippen LogP contribution in [-0.2, 0) is 4.79 Å². The van der Waals surface area contributed by atoms with E-state index in [-0.39, 0.29) is 5.91 Å². The molecule has 1 fully saturated rings. The SMILES string of the molecule is CCCCN(C)CC(=O)N1CCN(c2cccc(Cl)c2)CC1. The number of piperazine rings is 1. The average Bonchev–Trinajstić information content (AvgIpc) is 2.53.